The standard InChI is InChI=1S/C16H16N4O/c1-11-10-12(8-9-14(11)21-2)15-16(17)20(19-18-15)13-6-4-3-5-7-13/h3-10H,17H2,1-2H3. The Morgan fingerprint density at radius 3 is 2.52 bits per heavy atom. The molecule has 2 N–H and O–H groups in total. The van der Waals surface area contributed by atoms with Crippen molar-refractivity contribution in [3.8, 4) is 22.7 Å². The summed E-state index contributed by atoms with van der Waals surface area (Å²) < 4.78 is 6.90. The number of para-hydroxylation sites is 1. The van der Waals surface area contributed by atoms with E-state index in [1.807, 2.05) is 55.5 Å². The van der Waals surface area contributed by atoms with Crippen molar-refractivity contribution in [2.75, 3.05) is 12.8 Å². The SMILES string of the molecule is COc1ccc(-c2nnn(-c3ccccc3)c2N)cc1C. The number of nitrogen functional groups attached to an aromatic ring is 1. The third-order valence-corrected chi connectivity index (χ3v) is 3.37. The number of nitrogens with two attached hydrogens (primary N) is 1. The molecule has 3 rings (SSSR count). The molecule has 0 aliphatic carbocycles. The third-order valence-electron chi connectivity index (χ3n) is 3.37. The Kier molecular flexibility index (Phi) is 3.31. The van der Waals surface area contributed by atoms with E-state index in [4.69, 9.17) is 10.5 Å². The molecular formula is C16H16N4O. The highest BCUT2D eigenvalue weighted by atomic mass is 16.5. The summed E-state index contributed by atoms with van der Waals surface area (Å²) in [6.07, 6.45) is 0. The summed E-state index contributed by atoms with van der Waals surface area (Å²) in [5, 5.41) is 8.35. The predicted molar refractivity (Wildman–Crippen MR) is 82.5 cm³/mol. The quantitative estimate of drug-likeness (QED) is 0.801. The van der Waals surface area contributed by atoms with Crippen molar-refractivity contribution in [3.63, 3.8) is 0 Å². The molecule has 2 aromatic carbocycles. The van der Waals surface area contributed by atoms with E-state index in [1.54, 1.807) is 11.8 Å². The number of hydrogen-bond acceptors (Lipinski definition) is 4. The van der Waals surface area contributed by atoms with Crippen LogP contribution in [-0.2, 0) is 0 Å². The molecule has 0 saturated carbocycles. The smallest absolute Gasteiger partial charge is 0.155 e. The summed E-state index contributed by atoms with van der Waals surface area (Å²) in [7, 11) is 1.65. The van der Waals surface area contributed by atoms with E-state index < -0.39 is 0 Å². The van der Waals surface area contributed by atoms with Crippen LogP contribution in [0, 0.1) is 6.92 Å². The second kappa shape index (κ2) is 5.28. The molecule has 21 heavy (non-hydrogen) atoms. The Bertz CT molecular complexity index is 765. The van der Waals surface area contributed by atoms with Crippen molar-refractivity contribution in [3.05, 3.63) is 54.1 Å². The van der Waals surface area contributed by atoms with Crippen LogP contribution in [0.25, 0.3) is 16.9 Å². The zero-order valence-electron chi connectivity index (χ0n) is 11.9. The van der Waals surface area contributed by atoms with Crippen molar-refractivity contribution in [2.45, 2.75) is 6.92 Å². The lowest BCUT2D eigenvalue weighted by atomic mass is 10.1. The van der Waals surface area contributed by atoms with E-state index in [-0.39, 0.29) is 0 Å². The highest BCUT2D eigenvalue weighted by Gasteiger charge is 2.13. The Hall–Kier alpha value is -2.82. The monoisotopic (exact) mass is 280 g/mol. The number of methoxy groups -OCH3 is 1. The molecule has 0 aliphatic rings. The van der Waals surface area contributed by atoms with Gasteiger partial charge in [-0.05, 0) is 42.8 Å². The van der Waals surface area contributed by atoms with Crippen LogP contribution in [-0.4, -0.2) is 22.1 Å². The predicted octanol–water partition coefficient (Wildman–Crippen LogP) is 2.83. The Balaban J connectivity index is 2.05. The molecule has 1 aromatic heterocycles. The molecule has 0 saturated heterocycles. The minimum absolute atomic E-state index is 0.519. The molecule has 5 nitrogen and oxygen atoms in total. The van der Waals surface area contributed by atoms with Crippen LogP contribution in [0.2, 0.25) is 0 Å². The van der Waals surface area contributed by atoms with Gasteiger partial charge in [0, 0.05) is 5.56 Å². The van der Waals surface area contributed by atoms with Gasteiger partial charge in [0.1, 0.15) is 11.4 Å². The number of rotatable bonds is 3. The van der Waals surface area contributed by atoms with Crippen LogP contribution in [0.1, 0.15) is 5.56 Å². The van der Waals surface area contributed by atoms with Crippen LogP contribution in [0.3, 0.4) is 0 Å². The molecule has 0 unspecified atom stereocenters. The van der Waals surface area contributed by atoms with Gasteiger partial charge < -0.3 is 10.5 Å². The first-order chi connectivity index (χ1) is 10.2. The average molecular weight is 280 g/mol. The maximum absolute atomic E-state index is 6.19. The molecule has 106 valence electrons. The first kappa shape index (κ1) is 13.2. The maximum atomic E-state index is 6.19. The molecule has 0 fully saturated rings. The molecule has 0 atom stereocenters. The Morgan fingerprint density at radius 2 is 1.86 bits per heavy atom. The Morgan fingerprint density at radius 1 is 1.10 bits per heavy atom. The van der Waals surface area contributed by atoms with Crippen molar-refractivity contribution in [1.82, 2.24) is 15.0 Å². The largest absolute Gasteiger partial charge is 0.496 e. The third kappa shape index (κ3) is 2.33. The minimum Gasteiger partial charge on any atom is -0.496 e. The minimum atomic E-state index is 0.519. The van der Waals surface area contributed by atoms with Gasteiger partial charge in [-0.2, -0.15) is 4.68 Å². The van der Waals surface area contributed by atoms with Crippen molar-refractivity contribution < 1.29 is 4.74 Å². The van der Waals surface area contributed by atoms with Crippen molar-refractivity contribution >= 4 is 5.82 Å². The second-order valence-electron chi connectivity index (χ2n) is 4.76. The number of hydrogen-bond donors (Lipinski definition) is 1. The number of aryl methyl sites for hydroxylation is 1. The van der Waals surface area contributed by atoms with E-state index in [1.165, 1.54) is 0 Å². The summed E-state index contributed by atoms with van der Waals surface area (Å²) in [5.74, 6) is 1.36. The van der Waals surface area contributed by atoms with E-state index in [2.05, 4.69) is 10.3 Å². The zero-order chi connectivity index (χ0) is 14.8. The summed E-state index contributed by atoms with van der Waals surface area (Å²) >= 11 is 0. The molecular weight excluding hydrogens is 264 g/mol. The number of nitrogens with zero attached hydrogens (tertiary/aromatic N) is 3. The van der Waals surface area contributed by atoms with E-state index in [0.29, 0.717) is 11.5 Å². The van der Waals surface area contributed by atoms with Crippen LogP contribution < -0.4 is 10.5 Å². The lowest BCUT2D eigenvalue weighted by molar-refractivity contribution is 0.412. The fourth-order valence-electron chi connectivity index (χ4n) is 2.28. The van der Waals surface area contributed by atoms with Gasteiger partial charge in [-0.15, -0.1) is 5.10 Å². The van der Waals surface area contributed by atoms with Gasteiger partial charge in [-0.1, -0.05) is 23.4 Å². The molecule has 5 heteroatoms. The molecule has 0 bridgehead atoms. The van der Waals surface area contributed by atoms with Gasteiger partial charge in [0.05, 0.1) is 12.8 Å². The van der Waals surface area contributed by atoms with Gasteiger partial charge in [0.25, 0.3) is 0 Å². The molecule has 0 spiro atoms. The van der Waals surface area contributed by atoms with Gasteiger partial charge in [-0.3, -0.25) is 0 Å². The van der Waals surface area contributed by atoms with E-state index in [0.717, 1.165) is 22.6 Å². The van der Waals surface area contributed by atoms with Gasteiger partial charge >= 0.3 is 0 Å². The second-order valence-corrected chi connectivity index (χ2v) is 4.76. The van der Waals surface area contributed by atoms with Crippen molar-refractivity contribution in [1.29, 1.82) is 0 Å². The molecule has 0 radical (unpaired) electrons. The van der Waals surface area contributed by atoms with Crippen molar-refractivity contribution in [2.24, 2.45) is 0 Å². The van der Waals surface area contributed by atoms with Gasteiger partial charge in [-0.25, -0.2) is 0 Å². The molecule has 0 aliphatic heterocycles. The summed E-state index contributed by atoms with van der Waals surface area (Å²) in [6, 6.07) is 15.5. The lowest BCUT2D eigenvalue weighted by Crippen LogP contribution is -2.02. The maximum Gasteiger partial charge on any atom is 0.155 e. The zero-order valence-corrected chi connectivity index (χ0v) is 11.9. The van der Waals surface area contributed by atoms with Crippen LogP contribution in [0.5, 0.6) is 5.75 Å². The first-order valence-corrected chi connectivity index (χ1v) is 6.62. The highest BCUT2D eigenvalue weighted by Crippen LogP contribution is 2.29. The highest BCUT2D eigenvalue weighted by molar-refractivity contribution is 5.72. The lowest BCUT2D eigenvalue weighted by Gasteiger charge is -2.06. The topological polar surface area (TPSA) is 66.0 Å². The first-order valence-electron chi connectivity index (χ1n) is 6.62. The van der Waals surface area contributed by atoms with E-state index >= 15 is 0 Å². The number of ether oxygens (including phenoxy) is 1. The molecule has 1 heterocycles. The molecule has 3 aromatic rings. The fourth-order valence-corrected chi connectivity index (χ4v) is 2.28. The van der Waals surface area contributed by atoms with Crippen LogP contribution in [0.15, 0.2) is 48.5 Å². The normalized spacial score (nSPS) is 10.6. The Labute approximate surface area is 123 Å². The fraction of sp³-hybridized carbons (Fsp3) is 0.125. The average Bonchev–Trinajstić information content (AvgIpc) is 2.90. The van der Waals surface area contributed by atoms with E-state index in [9.17, 15) is 0 Å². The number of benzene rings is 2. The van der Waals surface area contributed by atoms with Crippen LogP contribution in [0.4, 0.5) is 5.82 Å². The summed E-state index contributed by atoms with van der Waals surface area (Å²) in [4.78, 5) is 0. The summed E-state index contributed by atoms with van der Waals surface area (Å²) in [5.41, 5.74) is 9.71. The summed E-state index contributed by atoms with van der Waals surface area (Å²) in [6.45, 7) is 1.99. The molecule has 0 amide bonds. The number of aromatic nitrogens is 3. The van der Waals surface area contributed by atoms with Gasteiger partial charge in [0.15, 0.2) is 5.82 Å². The van der Waals surface area contributed by atoms with Crippen LogP contribution >= 0.6 is 0 Å². The van der Waals surface area contributed by atoms with Gasteiger partial charge in [0.2, 0.25) is 0 Å². The number of anilines is 1.